The standard InChI is InChI=1S/C33H61NO4S/c1-2-3-4-5-6-7-8-9-10-11-12-13-14-15-16-20-24-36-29-32-26-31(27-37-32)28-38-33(35)21-18-17-19-22-34-23-25-39-30-34/h23,25,31-32H,2-22,24,26-30H2,1H3. The van der Waals surface area contributed by atoms with E-state index in [0.717, 1.165) is 51.1 Å². The van der Waals surface area contributed by atoms with Gasteiger partial charge >= 0.3 is 5.97 Å². The molecule has 0 bridgehead atoms. The van der Waals surface area contributed by atoms with Crippen molar-refractivity contribution in [3.05, 3.63) is 11.6 Å². The van der Waals surface area contributed by atoms with Crippen LogP contribution in [-0.4, -0.2) is 55.8 Å². The molecule has 6 heteroatoms. The Bertz CT molecular complexity index is 602. The predicted molar refractivity (Wildman–Crippen MR) is 166 cm³/mol. The minimum absolute atomic E-state index is 0.0604. The van der Waals surface area contributed by atoms with Crippen LogP contribution in [0.25, 0.3) is 0 Å². The van der Waals surface area contributed by atoms with Gasteiger partial charge in [-0.2, -0.15) is 0 Å². The maximum absolute atomic E-state index is 12.0. The van der Waals surface area contributed by atoms with Gasteiger partial charge < -0.3 is 19.1 Å². The van der Waals surface area contributed by atoms with Crippen molar-refractivity contribution in [2.75, 3.05) is 38.8 Å². The van der Waals surface area contributed by atoms with Gasteiger partial charge in [-0.05, 0) is 31.1 Å². The number of hydrogen-bond donors (Lipinski definition) is 0. The summed E-state index contributed by atoms with van der Waals surface area (Å²) < 4.78 is 17.3. The van der Waals surface area contributed by atoms with Crippen LogP contribution in [0.2, 0.25) is 0 Å². The second kappa shape index (κ2) is 25.0. The minimum atomic E-state index is -0.0604. The lowest BCUT2D eigenvalue weighted by molar-refractivity contribution is -0.145. The van der Waals surface area contributed by atoms with Gasteiger partial charge in [0.2, 0.25) is 0 Å². The van der Waals surface area contributed by atoms with Crippen LogP contribution < -0.4 is 0 Å². The second-order valence-corrected chi connectivity index (χ2v) is 12.7. The van der Waals surface area contributed by atoms with E-state index in [2.05, 4.69) is 23.4 Å². The van der Waals surface area contributed by atoms with Crippen LogP contribution in [0.3, 0.4) is 0 Å². The highest BCUT2D eigenvalue weighted by Crippen LogP contribution is 2.21. The zero-order chi connectivity index (χ0) is 27.6. The number of thioether (sulfide) groups is 1. The number of unbranched alkanes of at least 4 members (excludes halogenated alkanes) is 17. The molecule has 2 atom stereocenters. The Morgan fingerprint density at radius 1 is 0.821 bits per heavy atom. The number of rotatable bonds is 27. The molecule has 39 heavy (non-hydrogen) atoms. The van der Waals surface area contributed by atoms with Gasteiger partial charge in [0.05, 0.1) is 31.8 Å². The second-order valence-electron chi connectivity index (χ2n) is 11.8. The fourth-order valence-corrected chi connectivity index (χ4v) is 6.22. The van der Waals surface area contributed by atoms with Crippen molar-refractivity contribution in [1.82, 2.24) is 4.90 Å². The van der Waals surface area contributed by atoms with Crippen LogP contribution in [0.15, 0.2) is 11.6 Å². The van der Waals surface area contributed by atoms with Gasteiger partial charge in [0, 0.05) is 31.7 Å². The number of esters is 1. The molecular weight excluding hydrogens is 506 g/mol. The van der Waals surface area contributed by atoms with Crippen LogP contribution in [0.1, 0.15) is 142 Å². The summed E-state index contributed by atoms with van der Waals surface area (Å²) >= 11 is 1.84. The molecular formula is C33H61NO4S. The average molecular weight is 568 g/mol. The molecule has 0 amide bonds. The van der Waals surface area contributed by atoms with Crippen molar-refractivity contribution in [3.63, 3.8) is 0 Å². The van der Waals surface area contributed by atoms with Crippen molar-refractivity contribution in [2.45, 2.75) is 148 Å². The van der Waals surface area contributed by atoms with E-state index in [4.69, 9.17) is 14.2 Å². The summed E-state index contributed by atoms with van der Waals surface area (Å²) in [6.45, 7) is 6.06. The monoisotopic (exact) mass is 567 g/mol. The van der Waals surface area contributed by atoms with E-state index in [-0.39, 0.29) is 12.1 Å². The number of carbonyl (C=O) groups excluding carboxylic acids is 1. The topological polar surface area (TPSA) is 48.0 Å². The van der Waals surface area contributed by atoms with E-state index in [1.165, 1.54) is 96.3 Å². The van der Waals surface area contributed by atoms with Crippen molar-refractivity contribution >= 4 is 17.7 Å². The highest BCUT2D eigenvalue weighted by Gasteiger charge is 2.26. The van der Waals surface area contributed by atoms with Gasteiger partial charge in [-0.1, -0.05) is 110 Å². The molecule has 0 N–H and O–H groups in total. The predicted octanol–water partition coefficient (Wildman–Crippen LogP) is 9.25. The summed E-state index contributed by atoms with van der Waals surface area (Å²) in [5.74, 6) is 1.32. The van der Waals surface area contributed by atoms with Crippen LogP contribution in [0, 0.1) is 5.92 Å². The first-order valence-electron chi connectivity index (χ1n) is 16.6. The fourth-order valence-electron chi connectivity index (χ4n) is 5.47. The highest BCUT2D eigenvalue weighted by atomic mass is 32.2. The molecule has 0 aromatic rings. The molecule has 0 aromatic heterocycles. The molecule has 0 saturated carbocycles. The van der Waals surface area contributed by atoms with Crippen LogP contribution >= 0.6 is 11.8 Å². The summed E-state index contributed by atoms with van der Waals surface area (Å²) in [5.41, 5.74) is 0. The lowest BCUT2D eigenvalue weighted by atomic mass is 10.0. The first-order chi connectivity index (χ1) is 19.3. The van der Waals surface area contributed by atoms with E-state index in [1.54, 1.807) is 0 Å². The smallest absolute Gasteiger partial charge is 0.305 e. The molecule has 0 radical (unpaired) electrons. The normalized spacial score (nSPS) is 18.8. The molecule has 228 valence electrons. The first-order valence-corrected chi connectivity index (χ1v) is 17.7. The molecule has 2 rings (SSSR count). The molecule has 5 nitrogen and oxygen atoms in total. The molecule has 1 saturated heterocycles. The summed E-state index contributed by atoms with van der Waals surface area (Å²) in [7, 11) is 0. The van der Waals surface area contributed by atoms with E-state index in [9.17, 15) is 4.79 Å². The molecule has 0 spiro atoms. The van der Waals surface area contributed by atoms with Gasteiger partial charge in [0.25, 0.3) is 0 Å². The molecule has 2 heterocycles. The third-order valence-corrected chi connectivity index (χ3v) is 8.82. The van der Waals surface area contributed by atoms with Crippen molar-refractivity contribution < 1.29 is 19.0 Å². The van der Waals surface area contributed by atoms with Crippen molar-refractivity contribution in [2.24, 2.45) is 5.92 Å². The number of carbonyl (C=O) groups is 1. The van der Waals surface area contributed by atoms with E-state index >= 15 is 0 Å². The Morgan fingerprint density at radius 2 is 1.44 bits per heavy atom. The number of nitrogens with zero attached hydrogens (tertiary/aromatic N) is 1. The van der Waals surface area contributed by atoms with Crippen LogP contribution in [-0.2, 0) is 19.0 Å². The van der Waals surface area contributed by atoms with Gasteiger partial charge in [-0.15, -0.1) is 11.8 Å². The molecule has 1 fully saturated rings. The molecule has 2 aliphatic heterocycles. The average Bonchev–Trinajstić information content (AvgIpc) is 3.63. The largest absolute Gasteiger partial charge is 0.465 e. The number of ether oxygens (including phenoxy) is 3. The Labute approximate surface area is 245 Å². The Morgan fingerprint density at radius 3 is 2.05 bits per heavy atom. The molecule has 0 aliphatic carbocycles. The maximum Gasteiger partial charge on any atom is 0.305 e. The fraction of sp³-hybridized carbons (Fsp3) is 0.909. The van der Waals surface area contributed by atoms with E-state index < -0.39 is 0 Å². The zero-order valence-electron chi connectivity index (χ0n) is 25.4. The Hall–Kier alpha value is -0.720. The van der Waals surface area contributed by atoms with Crippen LogP contribution in [0.4, 0.5) is 0 Å². The summed E-state index contributed by atoms with van der Waals surface area (Å²) in [6.07, 6.45) is 29.2. The quantitative estimate of drug-likeness (QED) is 0.0728. The van der Waals surface area contributed by atoms with Gasteiger partial charge in [-0.3, -0.25) is 4.79 Å². The van der Waals surface area contributed by atoms with Crippen LogP contribution in [0.5, 0.6) is 0 Å². The van der Waals surface area contributed by atoms with E-state index in [0.29, 0.717) is 32.2 Å². The minimum Gasteiger partial charge on any atom is -0.465 e. The third-order valence-electron chi connectivity index (χ3n) is 8.02. The Balaban J connectivity index is 1.26. The Kier molecular flexibility index (Phi) is 22.1. The lowest BCUT2D eigenvalue weighted by Gasteiger charge is -2.13. The summed E-state index contributed by atoms with van der Waals surface area (Å²) in [4.78, 5) is 14.4. The maximum atomic E-state index is 12.0. The lowest BCUT2D eigenvalue weighted by Crippen LogP contribution is -2.17. The van der Waals surface area contributed by atoms with Gasteiger partial charge in [0.1, 0.15) is 0 Å². The number of hydrogen-bond acceptors (Lipinski definition) is 6. The summed E-state index contributed by atoms with van der Waals surface area (Å²) in [6, 6.07) is 0. The van der Waals surface area contributed by atoms with Gasteiger partial charge in [-0.25, -0.2) is 0 Å². The third kappa shape index (κ3) is 19.9. The SMILES string of the molecule is CCCCCCCCCCCCCCCCCCOCC1CC(COC(=O)CCCCCN2C=CSC2)CO1. The zero-order valence-corrected chi connectivity index (χ0v) is 26.2. The molecule has 2 aliphatic rings. The first kappa shape index (κ1) is 34.5. The van der Waals surface area contributed by atoms with Crippen molar-refractivity contribution in [1.29, 1.82) is 0 Å². The van der Waals surface area contributed by atoms with E-state index in [1.807, 2.05) is 11.8 Å². The highest BCUT2D eigenvalue weighted by molar-refractivity contribution is 8.02. The van der Waals surface area contributed by atoms with Crippen molar-refractivity contribution in [3.8, 4) is 0 Å². The molecule has 0 aromatic carbocycles. The summed E-state index contributed by atoms with van der Waals surface area (Å²) in [5, 5.41) is 2.14. The van der Waals surface area contributed by atoms with Gasteiger partial charge in [0.15, 0.2) is 0 Å². The molecule has 2 unspecified atom stereocenters.